The van der Waals surface area contributed by atoms with Crippen molar-refractivity contribution >= 4 is 75.0 Å². The molecule has 108 heavy (non-hydrogen) atoms. The third kappa shape index (κ3) is 10.0. The lowest BCUT2D eigenvalue weighted by Crippen LogP contribution is -2.28. The minimum absolute atomic E-state index is 0.473. The third-order valence-corrected chi connectivity index (χ3v) is 23.1. The van der Waals surface area contributed by atoms with E-state index in [1.165, 1.54) is 108 Å². The molecule has 0 aliphatic heterocycles. The van der Waals surface area contributed by atoms with Crippen LogP contribution in [0.4, 0.5) is 0 Å². The summed E-state index contributed by atoms with van der Waals surface area (Å²) in [6, 6.07) is 134. The molecule has 2 aliphatic carbocycles. The molecule has 2 aliphatic rings. The average Bonchev–Trinajstić information content (AvgIpc) is 1.53. The SMILES string of the molecule is c1ccc(-c2nc(-c3ccccc3)nc(-c3ccc4c(c3)oc3cc(C5(c6ccccc6)c6ccccc6-c6c5ccc5ccccc65)ccc34)n2)cc1.c1ccc(-c2nc(-c3ccccc3)nc(-c3ccc4c(c3)sc3cc(C5(c6ccccc6)c6ccccc6-c6c5ccc5ccccc65)ccc34)n2)cc1. The summed E-state index contributed by atoms with van der Waals surface area (Å²) in [5.74, 6) is 3.85. The van der Waals surface area contributed by atoms with Gasteiger partial charge in [-0.2, -0.15) is 0 Å². The second kappa shape index (κ2) is 25.5. The van der Waals surface area contributed by atoms with E-state index in [9.17, 15) is 0 Å². The lowest BCUT2D eigenvalue weighted by Gasteiger charge is -2.34. The Morgan fingerprint density at radius 1 is 0.213 bits per heavy atom. The Morgan fingerprint density at radius 2 is 0.546 bits per heavy atom. The Labute approximate surface area is 627 Å². The van der Waals surface area contributed by atoms with Crippen LogP contribution in [0.3, 0.4) is 0 Å². The highest BCUT2D eigenvalue weighted by Gasteiger charge is 2.48. The van der Waals surface area contributed by atoms with Crippen LogP contribution in [0, 0.1) is 0 Å². The number of rotatable bonds is 10. The Bertz CT molecular complexity index is 6390. The molecule has 20 aromatic rings. The van der Waals surface area contributed by atoms with Gasteiger partial charge in [-0.1, -0.05) is 346 Å². The maximum atomic E-state index is 6.80. The maximum absolute atomic E-state index is 6.80. The van der Waals surface area contributed by atoms with Gasteiger partial charge >= 0.3 is 0 Å². The molecule has 4 aromatic heterocycles. The van der Waals surface area contributed by atoms with Gasteiger partial charge in [-0.25, -0.2) is 29.9 Å². The molecule has 0 saturated carbocycles. The van der Waals surface area contributed by atoms with Crippen LogP contribution in [0.15, 0.2) is 381 Å². The first-order valence-electron chi connectivity index (χ1n) is 36.5. The minimum Gasteiger partial charge on any atom is -0.456 e. The maximum Gasteiger partial charge on any atom is 0.164 e. The van der Waals surface area contributed by atoms with Crippen LogP contribution >= 0.6 is 11.3 Å². The number of nitrogens with zero attached hydrogens (tertiary/aromatic N) is 6. The van der Waals surface area contributed by atoms with Gasteiger partial charge in [0.15, 0.2) is 34.9 Å². The van der Waals surface area contributed by atoms with Crippen molar-refractivity contribution in [3.05, 3.63) is 421 Å². The highest BCUT2D eigenvalue weighted by molar-refractivity contribution is 7.25. The zero-order valence-corrected chi connectivity index (χ0v) is 59.1. The monoisotopic (exact) mass is 1390 g/mol. The Morgan fingerprint density at radius 3 is 1.00 bits per heavy atom. The Balaban J connectivity index is 0.000000138. The van der Waals surface area contributed by atoms with Crippen LogP contribution in [0.2, 0.25) is 0 Å². The van der Waals surface area contributed by atoms with Gasteiger partial charge in [0.25, 0.3) is 0 Å². The van der Waals surface area contributed by atoms with Crippen molar-refractivity contribution in [3.63, 3.8) is 0 Å². The van der Waals surface area contributed by atoms with Crippen LogP contribution < -0.4 is 0 Å². The van der Waals surface area contributed by atoms with Gasteiger partial charge in [0.1, 0.15) is 11.2 Å². The zero-order chi connectivity index (χ0) is 71.3. The molecule has 4 heterocycles. The van der Waals surface area contributed by atoms with Gasteiger partial charge in [-0.15, -0.1) is 11.3 Å². The molecule has 0 spiro atoms. The van der Waals surface area contributed by atoms with Crippen molar-refractivity contribution in [2.24, 2.45) is 0 Å². The van der Waals surface area contributed by atoms with E-state index in [0.717, 1.165) is 55.3 Å². The number of fused-ring (bicyclic) bond motifs is 16. The van der Waals surface area contributed by atoms with E-state index in [0.29, 0.717) is 34.9 Å². The van der Waals surface area contributed by atoms with E-state index in [2.05, 4.69) is 255 Å². The molecule has 0 N–H and O–H groups in total. The molecule has 0 bridgehead atoms. The molecule has 8 heteroatoms. The van der Waals surface area contributed by atoms with E-state index in [1.54, 1.807) is 0 Å². The first-order valence-corrected chi connectivity index (χ1v) is 37.4. The molecule has 7 nitrogen and oxygen atoms in total. The van der Waals surface area contributed by atoms with Crippen LogP contribution in [0.5, 0.6) is 0 Å². The smallest absolute Gasteiger partial charge is 0.164 e. The molecule has 16 aromatic carbocycles. The van der Waals surface area contributed by atoms with Crippen molar-refractivity contribution in [2.75, 3.05) is 0 Å². The van der Waals surface area contributed by atoms with E-state index >= 15 is 0 Å². The van der Waals surface area contributed by atoms with Crippen molar-refractivity contribution in [2.45, 2.75) is 10.8 Å². The van der Waals surface area contributed by atoms with Crippen LogP contribution in [0.1, 0.15) is 44.5 Å². The molecule has 0 saturated heterocycles. The van der Waals surface area contributed by atoms with Crippen molar-refractivity contribution in [1.82, 2.24) is 29.9 Å². The van der Waals surface area contributed by atoms with Gasteiger partial charge in [0, 0.05) is 64.3 Å². The predicted molar refractivity (Wildman–Crippen MR) is 442 cm³/mol. The second-order valence-corrected chi connectivity index (χ2v) is 28.9. The normalized spacial score (nSPS) is 14.7. The fourth-order valence-electron chi connectivity index (χ4n) is 17.2. The standard InChI is InChI=1S/C50H31N3O.C50H31N3S/c2*1-4-15-33(16-5-1)47-51-48(34-17-6-2-7-18-34)53-49(52-47)35-24-27-39-40-28-26-37(31-45(40)54-44(39)30-35)50(36-19-8-3-9-20-36)42-23-13-12-22-41(42)46-38-21-11-10-14-32(38)25-29-43(46)50/h2*1-31H. The number of benzene rings is 16. The van der Waals surface area contributed by atoms with E-state index in [1.807, 2.05) is 133 Å². The average molecular weight is 1400 g/mol. The summed E-state index contributed by atoms with van der Waals surface area (Å²) in [6.07, 6.45) is 0. The van der Waals surface area contributed by atoms with Crippen LogP contribution in [0.25, 0.3) is 154 Å². The molecule has 22 rings (SSSR count). The third-order valence-electron chi connectivity index (χ3n) is 22.0. The molecule has 0 radical (unpaired) electrons. The molecular weight excluding hydrogens is 1330 g/mol. The van der Waals surface area contributed by atoms with E-state index < -0.39 is 10.8 Å². The molecule has 0 amide bonds. The fraction of sp³-hybridized carbons (Fsp3) is 0.0200. The first kappa shape index (κ1) is 62.6. The highest BCUT2D eigenvalue weighted by Crippen LogP contribution is 2.60. The fourth-order valence-corrected chi connectivity index (χ4v) is 18.4. The van der Waals surface area contributed by atoms with Gasteiger partial charge in [-0.3, -0.25) is 0 Å². The Kier molecular flexibility index (Phi) is 14.8. The summed E-state index contributed by atoms with van der Waals surface area (Å²) in [5, 5.41) is 9.66. The van der Waals surface area contributed by atoms with Crippen LogP contribution in [-0.2, 0) is 10.8 Å². The van der Waals surface area contributed by atoms with Crippen molar-refractivity contribution < 1.29 is 4.42 Å². The molecule has 0 fully saturated rings. The molecule has 504 valence electrons. The largest absolute Gasteiger partial charge is 0.456 e. The second-order valence-electron chi connectivity index (χ2n) is 27.9. The van der Waals surface area contributed by atoms with Crippen molar-refractivity contribution in [3.8, 4) is 90.6 Å². The summed E-state index contributed by atoms with van der Waals surface area (Å²) >= 11 is 1.83. The van der Waals surface area contributed by atoms with Crippen LogP contribution in [-0.4, -0.2) is 29.9 Å². The van der Waals surface area contributed by atoms with Gasteiger partial charge in [-0.05, 0) is 119 Å². The lowest BCUT2D eigenvalue weighted by atomic mass is 9.67. The Hall–Kier alpha value is -13.9. The number of aromatic nitrogens is 6. The number of thiophene rings is 1. The van der Waals surface area contributed by atoms with Crippen molar-refractivity contribution in [1.29, 1.82) is 0 Å². The van der Waals surface area contributed by atoms with Gasteiger partial charge in [0.2, 0.25) is 0 Å². The number of hydrogen-bond donors (Lipinski definition) is 0. The van der Waals surface area contributed by atoms with E-state index in [-0.39, 0.29) is 0 Å². The predicted octanol–water partition coefficient (Wildman–Crippen LogP) is 25.0. The summed E-state index contributed by atoms with van der Waals surface area (Å²) in [6.45, 7) is 0. The van der Waals surface area contributed by atoms with Gasteiger partial charge < -0.3 is 4.42 Å². The summed E-state index contributed by atoms with van der Waals surface area (Å²) in [5.41, 5.74) is 21.6. The quantitative estimate of drug-likeness (QED) is 0.135. The minimum atomic E-state index is -0.540. The summed E-state index contributed by atoms with van der Waals surface area (Å²) in [7, 11) is 0. The van der Waals surface area contributed by atoms with E-state index in [4.69, 9.17) is 34.3 Å². The summed E-state index contributed by atoms with van der Waals surface area (Å²) in [4.78, 5) is 29.8. The lowest BCUT2D eigenvalue weighted by molar-refractivity contribution is 0.665. The molecule has 2 unspecified atom stereocenters. The molecular formula is C100H62N6OS. The molecule has 2 atom stereocenters. The summed E-state index contributed by atoms with van der Waals surface area (Å²) < 4.78 is 9.26. The zero-order valence-electron chi connectivity index (χ0n) is 58.3. The first-order chi connectivity index (χ1) is 53.5. The number of hydrogen-bond acceptors (Lipinski definition) is 8. The topological polar surface area (TPSA) is 90.5 Å². The number of furan rings is 1. The highest BCUT2D eigenvalue weighted by atomic mass is 32.1. The van der Waals surface area contributed by atoms with Gasteiger partial charge in [0.05, 0.1) is 10.8 Å².